The van der Waals surface area contributed by atoms with Crippen molar-refractivity contribution in [2.75, 3.05) is 6.54 Å². The SMILES string of the molecule is CC(C)CC1(CCc2nccn2C)CCCN1. The van der Waals surface area contributed by atoms with Crippen LogP contribution < -0.4 is 5.32 Å². The molecule has 0 amide bonds. The summed E-state index contributed by atoms with van der Waals surface area (Å²) in [5.41, 5.74) is 0.375. The number of hydrogen-bond acceptors (Lipinski definition) is 2. The van der Waals surface area contributed by atoms with Crippen molar-refractivity contribution in [3.63, 3.8) is 0 Å². The third kappa shape index (κ3) is 3.09. The van der Waals surface area contributed by atoms with Gasteiger partial charge < -0.3 is 9.88 Å². The van der Waals surface area contributed by atoms with Crippen LogP contribution in [0, 0.1) is 5.92 Å². The molecule has 17 heavy (non-hydrogen) atoms. The van der Waals surface area contributed by atoms with Gasteiger partial charge in [0.2, 0.25) is 0 Å². The number of aryl methyl sites for hydroxylation is 2. The summed E-state index contributed by atoms with van der Waals surface area (Å²) in [7, 11) is 2.08. The maximum atomic E-state index is 4.42. The molecule has 3 nitrogen and oxygen atoms in total. The molecule has 0 bridgehead atoms. The Labute approximate surface area is 105 Å². The van der Waals surface area contributed by atoms with Gasteiger partial charge in [0.1, 0.15) is 5.82 Å². The van der Waals surface area contributed by atoms with Gasteiger partial charge in [-0.25, -0.2) is 4.98 Å². The first-order chi connectivity index (χ1) is 8.11. The standard InChI is InChI=1S/C14H25N3/c1-12(2)11-14(6-4-8-16-14)7-5-13-15-9-10-17(13)3/h9-10,12,16H,4-8,11H2,1-3H3. The van der Waals surface area contributed by atoms with Crippen molar-refractivity contribution in [3.8, 4) is 0 Å². The quantitative estimate of drug-likeness (QED) is 0.850. The first-order valence-electron chi connectivity index (χ1n) is 6.82. The predicted octanol–water partition coefficient (Wildman–Crippen LogP) is 2.52. The molecule has 96 valence electrons. The first kappa shape index (κ1) is 12.6. The van der Waals surface area contributed by atoms with Crippen molar-refractivity contribution in [3.05, 3.63) is 18.2 Å². The molecule has 0 spiro atoms. The zero-order valence-electron chi connectivity index (χ0n) is 11.4. The van der Waals surface area contributed by atoms with E-state index in [1.807, 2.05) is 12.4 Å². The van der Waals surface area contributed by atoms with Gasteiger partial charge in [0, 0.05) is 31.4 Å². The number of nitrogens with one attached hydrogen (secondary N) is 1. The maximum absolute atomic E-state index is 4.42. The van der Waals surface area contributed by atoms with Crippen LogP contribution in [0.2, 0.25) is 0 Å². The third-order valence-corrected chi connectivity index (χ3v) is 3.88. The van der Waals surface area contributed by atoms with Gasteiger partial charge in [-0.05, 0) is 38.1 Å². The summed E-state index contributed by atoms with van der Waals surface area (Å²) in [6, 6.07) is 0. The minimum absolute atomic E-state index is 0.375. The van der Waals surface area contributed by atoms with Crippen LogP contribution in [-0.4, -0.2) is 21.6 Å². The molecule has 1 aliphatic heterocycles. The summed E-state index contributed by atoms with van der Waals surface area (Å²) in [4.78, 5) is 4.42. The molecular formula is C14H25N3. The summed E-state index contributed by atoms with van der Waals surface area (Å²) in [6.07, 6.45) is 10.2. The number of nitrogens with zero attached hydrogens (tertiary/aromatic N) is 2. The summed E-state index contributed by atoms with van der Waals surface area (Å²) in [5, 5.41) is 3.75. The predicted molar refractivity (Wildman–Crippen MR) is 71.0 cm³/mol. The minimum atomic E-state index is 0.375. The lowest BCUT2D eigenvalue weighted by atomic mass is 9.83. The van der Waals surface area contributed by atoms with Gasteiger partial charge in [-0.15, -0.1) is 0 Å². The topological polar surface area (TPSA) is 29.9 Å². The molecule has 1 fully saturated rings. The average molecular weight is 235 g/mol. The van der Waals surface area contributed by atoms with E-state index in [9.17, 15) is 0 Å². The van der Waals surface area contributed by atoms with Crippen LogP contribution in [0.15, 0.2) is 12.4 Å². The third-order valence-electron chi connectivity index (χ3n) is 3.88. The van der Waals surface area contributed by atoms with Gasteiger partial charge in [0.05, 0.1) is 0 Å². The van der Waals surface area contributed by atoms with Crippen LogP contribution >= 0.6 is 0 Å². The second-order valence-corrected chi connectivity index (χ2v) is 5.86. The van der Waals surface area contributed by atoms with Crippen molar-refractivity contribution in [1.29, 1.82) is 0 Å². The van der Waals surface area contributed by atoms with Crippen LogP contribution in [0.5, 0.6) is 0 Å². The van der Waals surface area contributed by atoms with Gasteiger partial charge in [0.15, 0.2) is 0 Å². The van der Waals surface area contributed by atoms with E-state index >= 15 is 0 Å². The fourth-order valence-corrected chi connectivity index (χ4v) is 3.13. The van der Waals surface area contributed by atoms with Gasteiger partial charge in [-0.3, -0.25) is 0 Å². The van der Waals surface area contributed by atoms with Gasteiger partial charge >= 0.3 is 0 Å². The van der Waals surface area contributed by atoms with Gasteiger partial charge in [-0.2, -0.15) is 0 Å². The van der Waals surface area contributed by atoms with Crippen LogP contribution in [0.3, 0.4) is 0 Å². The van der Waals surface area contributed by atoms with Crippen LogP contribution in [0.4, 0.5) is 0 Å². The zero-order valence-corrected chi connectivity index (χ0v) is 11.4. The van der Waals surface area contributed by atoms with Gasteiger partial charge in [-0.1, -0.05) is 13.8 Å². The smallest absolute Gasteiger partial charge is 0.108 e. The molecule has 2 rings (SSSR count). The Morgan fingerprint density at radius 3 is 2.88 bits per heavy atom. The molecular weight excluding hydrogens is 210 g/mol. The van der Waals surface area contributed by atoms with E-state index in [1.54, 1.807) is 0 Å². The number of rotatable bonds is 5. The van der Waals surface area contributed by atoms with E-state index in [2.05, 4.69) is 35.8 Å². The summed E-state index contributed by atoms with van der Waals surface area (Å²) in [6.45, 7) is 5.83. The van der Waals surface area contributed by atoms with Crippen molar-refractivity contribution < 1.29 is 0 Å². The minimum Gasteiger partial charge on any atom is -0.338 e. The Morgan fingerprint density at radius 1 is 1.53 bits per heavy atom. The second-order valence-electron chi connectivity index (χ2n) is 5.86. The molecule has 1 N–H and O–H groups in total. The van der Waals surface area contributed by atoms with Crippen molar-refractivity contribution in [2.45, 2.75) is 51.5 Å². The van der Waals surface area contributed by atoms with Crippen LogP contribution in [0.1, 0.15) is 45.4 Å². The van der Waals surface area contributed by atoms with Crippen molar-refractivity contribution in [2.24, 2.45) is 13.0 Å². The van der Waals surface area contributed by atoms with E-state index in [-0.39, 0.29) is 0 Å². The molecule has 3 heteroatoms. The molecule has 1 aromatic rings. The van der Waals surface area contributed by atoms with E-state index in [1.165, 1.54) is 38.1 Å². The molecule has 0 aliphatic carbocycles. The molecule has 1 unspecified atom stereocenters. The van der Waals surface area contributed by atoms with Crippen molar-refractivity contribution >= 4 is 0 Å². The largest absolute Gasteiger partial charge is 0.338 e. The number of imidazole rings is 1. The Morgan fingerprint density at radius 2 is 2.35 bits per heavy atom. The second kappa shape index (κ2) is 5.21. The fraction of sp³-hybridized carbons (Fsp3) is 0.786. The first-order valence-corrected chi connectivity index (χ1v) is 6.82. The molecule has 2 heterocycles. The van der Waals surface area contributed by atoms with Crippen molar-refractivity contribution in [1.82, 2.24) is 14.9 Å². The van der Waals surface area contributed by atoms with Crippen LogP contribution in [-0.2, 0) is 13.5 Å². The Balaban J connectivity index is 1.96. The maximum Gasteiger partial charge on any atom is 0.108 e. The highest BCUT2D eigenvalue weighted by Crippen LogP contribution is 2.31. The summed E-state index contributed by atoms with van der Waals surface area (Å²) < 4.78 is 2.14. The highest BCUT2D eigenvalue weighted by Gasteiger charge is 2.33. The molecule has 0 radical (unpaired) electrons. The molecule has 1 aromatic heterocycles. The molecule has 1 aliphatic rings. The highest BCUT2D eigenvalue weighted by atomic mass is 15.0. The number of hydrogen-bond donors (Lipinski definition) is 1. The Bertz CT molecular complexity index is 348. The fourth-order valence-electron chi connectivity index (χ4n) is 3.13. The van der Waals surface area contributed by atoms with E-state index < -0.39 is 0 Å². The van der Waals surface area contributed by atoms with E-state index in [0.717, 1.165) is 12.3 Å². The highest BCUT2D eigenvalue weighted by molar-refractivity contribution is 4.99. The molecule has 1 saturated heterocycles. The zero-order chi connectivity index (χ0) is 12.3. The van der Waals surface area contributed by atoms with Crippen LogP contribution in [0.25, 0.3) is 0 Å². The monoisotopic (exact) mass is 235 g/mol. The lowest BCUT2D eigenvalue weighted by molar-refractivity contribution is 0.282. The molecule has 0 aromatic carbocycles. The number of aromatic nitrogens is 2. The van der Waals surface area contributed by atoms with E-state index in [4.69, 9.17) is 0 Å². The Kier molecular flexibility index (Phi) is 3.87. The Hall–Kier alpha value is -0.830. The summed E-state index contributed by atoms with van der Waals surface area (Å²) >= 11 is 0. The lowest BCUT2D eigenvalue weighted by Crippen LogP contribution is -2.41. The van der Waals surface area contributed by atoms with Gasteiger partial charge in [0.25, 0.3) is 0 Å². The normalized spacial score (nSPS) is 24.7. The lowest BCUT2D eigenvalue weighted by Gasteiger charge is -2.31. The average Bonchev–Trinajstić information content (AvgIpc) is 2.85. The van der Waals surface area contributed by atoms with E-state index in [0.29, 0.717) is 5.54 Å². The molecule has 0 saturated carbocycles. The molecule has 1 atom stereocenters. The summed E-state index contributed by atoms with van der Waals surface area (Å²) in [5.74, 6) is 1.98.